The van der Waals surface area contributed by atoms with Crippen LogP contribution in [0.25, 0.3) is 0 Å². The average Bonchev–Trinajstić information content (AvgIpc) is 3.53. The average molecular weight is 513 g/mol. The third-order valence-electron chi connectivity index (χ3n) is 8.58. The number of aliphatic carboxylic acids is 1. The summed E-state index contributed by atoms with van der Waals surface area (Å²) in [6, 6.07) is 4.97. The molecule has 2 N–H and O–H groups in total. The standard InChI is InChI=1S/C29H41FN4O3/c1-17(2)29(4,5)16-19-13-22(14-19)34-28(20-7-8-20)27(32-33-34)21(9-11-26(36)37)15-25(35)31-24-10-6-18(3)12-23(24)30/h6,10,12,17,19-22H,7-9,11,13-16H2,1-5H3,(H,31,35)(H,36,37)/t19-,21-,22+/m0/s1. The van der Waals surface area contributed by atoms with Gasteiger partial charge in [0.2, 0.25) is 5.91 Å². The molecule has 4 rings (SSSR count). The summed E-state index contributed by atoms with van der Waals surface area (Å²) in [4.78, 5) is 24.3. The molecule has 202 valence electrons. The second-order valence-electron chi connectivity index (χ2n) is 12.3. The lowest BCUT2D eigenvalue weighted by Gasteiger charge is -2.42. The van der Waals surface area contributed by atoms with E-state index in [0.717, 1.165) is 42.6 Å². The summed E-state index contributed by atoms with van der Waals surface area (Å²) in [5, 5.41) is 21.1. The summed E-state index contributed by atoms with van der Waals surface area (Å²) in [5.74, 6) is -0.480. The molecule has 0 unspecified atom stereocenters. The van der Waals surface area contributed by atoms with Gasteiger partial charge in [-0.1, -0.05) is 39.0 Å². The highest BCUT2D eigenvalue weighted by atomic mass is 19.1. The van der Waals surface area contributed by atoms with Gasteiger partial charge in [-0.05, 0) is 80.4 Å². The summed E-state index contributed by atoms with van der Waals surface area (Å²) in [6.45, 7) is 11.0. The molecule has 1 amide bonds. The van der Waals surface area contributed by atoms with Crippen molar-refractivity contribution < 1.29 is 19.1 Å². The van der Waals surface area contributed by atoms with E-state index in [0.29, 0.717) is 29.2 Å². The molecule has 8 heteroatoms. The van der Waals surface area contributed by atoms with E-state index in [9.17, 15) is 19.1 Å². The van der Waals surface area contributed by atoms with E-state index >= 15 is 0 Å². The minimum atomic E-state index is -0.912. The van der Waals surface area contributed by atoms with Crippen LogP contribution >= 0.6 is 0 Å². The van der Waals surface area contributed by atoms with E-state index in [4.69, 9.17) is 0 Å². The van der Waals surface area contributed by atoms with Gasteiger partial charge >= 0.3 is 5.97 Å². The van der Waals surface area contributed by atoms with Gasteiger partial charge in [0, 0.05) is 24.7 Å². The lowest BCUT2D eigenvalue weighted by Crippen LogP contribution is -2.33. The number of aryl methyl sites for hydroxylation is 1. The number of rotatable bonds is 12. The van der Waals surface area contributed by atoms with E-state index in [-0.39, 0.29) is 36.8 Å². The molecule has 1 atom stereocenters. The Kier molecular flexibility index (Phi) is 8.05. The van der Waals surface area contributed by atoms with Crippen molar-refractivity contribution in [2.24, 2.45) is 17.3 Å². The number of hydrogen-bond donors (Lipinski definition) is 2. The van der Waals surface area contributed by atoms with Gasteiger partial charge < -0.3 is 10.4 Å². The number of amides is 1. The maximum absolute atomic E-state index is 14.3. The molecule has 0 spiro atoms. The van der Waals surface area contributed by atoms with Gasteiger partial charge in [0.25, 0.3) is 0 Å². The SMILES string of the molecule is Cc1ccc(NC(=O)C[C@H](CCC(=O)O)c2nnn([C@H]3C[C@@H](CC(C)(C)C(C)C)C3)c2C2CC2)c(F)c1. The van der Waals surface area contributed by atoms with E-state index in [1.54, 1.807) is 19.1 Å². The van der Waals surface area contributed by atoms with Crippen molar-refractivity contribution in [2.75, 3.05) is 5.32 Å². The Hall–Kier alpha value is -2.77. The molecule has 0 radical (unpaired) electrons. The van der Waals surface area contributed by atoms with Gasteiger partial charge in [-0.3, -0.25) is 9.59 Å². The first kappa shape index (κ1) is 27.3. The van der Waals surface area contributed by atoms with Crippen LogP contribution in [-0.4, -0.2) is 32.0 Å². The Morgan fingerprint density at radius 2 is 1.95 bits per heavy atom. The van der Waals surface area contributed by atoms with Crippen molar-refractivity contribution >= 4 is 17.6 Å². The van der Waals surface area contributed by atoms with Gasteiger partial charge in [0.15, 0.2) is 0 Å². The van der Waals surface area contributed by atoms with Crippen LogP contribution in [0.15, 0.2) is 18.2 Å². The Bertz CT molecular complexity index is 1130. The molecule has 1 aromatic carbocycles. The molecule has 0 bridgehead atoms. The Morgan fingerprint density at radius 1 is 1.24 bits per heavy atom. The molecule has 0 aliphatic heterocycles. The van der Waals surface area contributed by atoms with Crippen molar-refractivity contribution in [1.29, 1.82) is 0 Å². The summed E-state index contributed by atoms with van der Waals surface area (Å²) >= 11 is 0. The van der Waals surface area contributed by atoms with Crippen LogP contribution in [0.1, 0.15) is 114 Å². The van der Waals surface area contributed by atoms with Crippen molar-refractivity contribution in [2.45, 2.75) is 104 Å². The fourth-order valence-corrected chi connectivity index (χ4v) is 5.45. The molecule has 2 aliphatic rings. The highest BCUT2D eigenvalue weighted by Gasteiger charge is 2.41. The normalized spacial score (nSPS) is 20.5. The third-order valence-corrected chi connectivity index (χ3v) is 8.58. The number of aromatic nitrogens is 3. The number of carboxylic acid groups (broad SMARTS) is 1. The number of benzene rings is 1. The number of carbonyl (C=O) groups excluding carboxylic acids is 1. The van der Waals surface area contributed by atoms with Gasteiger partial charge in [-0.25, -0.2) is 9.07 Å². The number of halogens is 1. The number of anilines is 1. The second kappa shape index (κ2) is 10.9. The van der Waals surface area contributed by atoms with Gasteiger partial charge in [0.05, 0.1) is 23.1 Å². The van der Waals surface area contributed by atoms with Crippen LogP contribution in [0.2, 0.25) is 0 Å². The van der Waals surface area contributed by atoms with Crippen LogP contribution in [0.4, 0.5) is 10.1 Å². The number of nitrogens with zero attached hydrogens (tertiary/aromatic N) is 3. The van der Waals surface area contributed by atoms with Crippen molar-refractivity contribution in [3.8, 4) is 0 Å². The highest BCUT2D eigenvalue weighted by Crippen LogP contribution is 2.50. The van der Waals surface area contributed by atoms with Crippen LogP contribution in [0, 0.1) is 30.0 Å². The van der Waals surface area contributed by atoms with Crippen molar-refractivity contribution in [1.82, 2.24) is 15.0 Å². The lowest BCUT2D eigenvalue weighted by molar-refractivity contribution is -0.137. The molecule has 2 saturated carbocycles. The van der Waals surface area contributed by atoms with Crippen LogP contribution in [-0.2, 0) is 9.59 Å². The van der Waals surface area contributed by atoms with E-state index in [2.05, 4.69) is 48.0 Å². The summed E-state index contributed by atoms with van der Waals surface area (Å²) in [5.41, 5.74) is 3.02. The van der Waals surface area contributed by atoms with Gasteiger partial charge in [-0.2, -0.15) is 0 Å². The van der Waals surface area contributed by atoms with E-state index in [1.165, 1.54) is 12.5 Å². The molecule has 1 heterocycles. The minimum absolute atomic E-state index is 0.0366. The van der Waals surface area contributed by atoms with Crippen molar-refractivity contribution in [3.63, 3.8) is 0 Å². The molecule has 2 aromatic rings. The van der Waals surface area contributed by atoms with E-state index in [1.807, 2.05) is 0 Å². The Labute approximate surface area is 219 Å². The largest absolute Gasteiger partial charge is 0.481 e. The Balaban J connectivity index is 1.50. The molecular formula is C29H41FN4O3. The van der Waals surface area contributed by atoms with Crippen LogP contribution < -0.4 is 5.32 Å². The second-order valence-corrected chi connectivity index (χ2v) is 12.3. The number of carbonyl (C=O) groups is 2. The van der Waals surface area contributed by atoms with Gasteiger partial charge in [0.1, 0.15) is 5.82 Å². The molecule has 37 heavy (non-hydrogen) atoms. The zero-order valence-electron chi connectivity index (χ0n) is 22.8. The first-order chi connectivity index (χ1) is 17.4. The maximum atomic E-state index is 14.3. The topological polar surface area (TPSA) is 97.1 Å². The van der Waals surface area contributed by atoms with Crippen LogP contribution in [0.3, 0.4) is 0 Å². The third kappa shape index (κ3) is 6.57. The molecular weight excluding hydrogens is 471 g/mol. The van der Waals surface area contributed by atoms with Crippen molar-refractivity contribution in [3.05, 3.63) is 41.0 Å². The quantitative estimate of drug-likeness (QED) is 0.334. The monoisotopic (exact) mass is 512 g/mol. The molecule has 1 aromatic heterocycles. The zero-order valence-corrected chi connectivity index (χ0v) is 22.8. The lowest BCUT2D eigenvalue weighted by atomic mass is 9.67. The molecule has 2 aliphatic carbocycles. The van der Waals surface area contributed by atoms with Gasteiger partial charge in [-0.15, -0.1) is 5.10 Å². The number of carboxylic acids is 1. The summed E-state index contributed by atoms with van der Waals surface area (Å²) in [6.07, 6.45) is 5.72. The molecule has 7 nitrogen and oxygen atoms in total. The number of hydrogen-bond acceptors (Lipinski definition) is 4. The predicted octanol–water partition coefficient (Wildman–Crippen LogP) is 6.60. The molecule has 0 saturated heterocycles. The smallest absolute Gasteiger partial charge is 0.303 e. The predicted molar refractivity (Wildman–Crippen MR) is 141 cm³/mol. The Morgan fingerprint density at radius 3 is 2.54 bits per heavy atom. The summed E-state index contributed by atoms with van der Waals surface area (Å²) in [7, 11) is 0. The fraction of sp³-hybridized carbons (Fsp3) is 0.655. The highest BCUT2D eigenvalue weighted by molar-refractivity contribution is 5.91. The first-order valence-corrected chi connectivity index (χ1v) is 13.7. The number of nitrogens with one attached hydrogen (secondary N) is 1. The zero-order chi connectivity index (χ0) is 26.9. The fourth-order valence-electron chi connectivity index (χ4n) is 5.45. The summed E-state index contributed by atoms with van der Waals surface area (Å²) < 4.78 is 16.4. The van der Waals surface area contributed by atoms with Crippen LogP contribution in [0.5, 0.6) is 0 Å². The minimum Gasteiger partial charge on any atom is -0.481 e. The molecule has 2 fully saturated rings. The van der Waals surface area contributed by atoms with E-state index < -0.39 is 11.8 Å². The first-order valence-electron chi connectivity index (χ1n) is 13.7. The maximum Gasteiger partial charge on any atom is 0.303 e.